The van der Waals surface area contributed by atoms with Gasteiger partial charge in [0.25, 0.3) is 5.69 Å². The Morgan fingerprint density at radius 3 is 2.55 bits per heavy atom. The minimum absolute atomic E-state index is 0.0200. The lowest BCUT2D eigenvalue weighted by atomic mass is 9.95. The number of oxazole rings is 1. The quantitative estimate of drug-likeness (QED) is 0.433. The van der Waals surface area contributed by atoms with Gasteiger partial charge < -0.3 is 14.6 Å². The molecule has 3 aromatic rings. The number of anilines is 1. The minimum Gasteiger partial charge on any atom is -0.407 e. The first-order chi connectivity index (χ1) is 15.9. The Morgan fingerprint density at radius 2 is 1.85 bits per heavy atom. The van der Waals surface area contributed by atoms with Gasteiger partial charge in [0.1, 0.15) is 0 Å². The number of piperidine rings is 1. The smallest absolute Gasteiger partial charge is 0.407 e. The molecule has 172 valence electrons. The second-order valence-electron chi connectivity index (χ2n) is 8.04. The maximum Gasteiger partial charge on any atom is 0.419 e. The summed E-state index contributed by atoms with van der Waals surface area (Å²) in [6.07, 6.45) is 1.90. The highest BCUT2D eigenvalue weighted by Gasteiger charge is 2.27. The van der Waals surface area contributed by atoms with Gasteiger partial charge in [0.2, 0.25) is 11.8 Å². The van der Waals surface area contributed by atoms with Gasteiger partial charge >= 0.3 is 5.76 Å². The highest BCUT2D eigenvalue weighted by atomic mass is 16.6. The van der Waals surface area contributed by atoms with Crippen molar-refractivity contribution in [3.05, 3.63) is 69.2 Å². The lowest BCUT2D eigenvalue weighted by molar-refractivity contribution is -0.384. The predicted molar refractivity (Wildman–Crippen MR) is 121 cm³/mol. The fourth-order valence-electron chi connectivity index (χ4n) is 4.08. The van der Waals surface area contributed by atoms with Crippen LogP contribution in [0, 0.1) is 16.0 Å². The van der Waals surface area contributed by atoms with Crippen LogP contribution in [-0.4, -0.2) is 39.3 Å². The summed E-state index contributed by atoms with van der Waals surface area (Å²) in [5.74, 6) is -0.787. The van der Waals surface area contributed by atoms with Gasteiger partial charge in [0, 0.05) is 43.7 Å². The van der Waals surface area contributed by atoms with Gasteiger partial charge in [-0.1, -0.05) is 18.2 Å². The molecule has 0 atom stereocenters. The average Bonchev–Trinajstić information content (AvgIpc) is 3.14. The number of nitrogens with zero attached hydrogens (tertiary/aromatic N) is 3. The number of carbonyl (C=O) groups is 2. The van der Waals surface area contributed by atoms with Crippen LogP contribution in [0.3, 0.4) is 0 Å². The van der Waals surface area contributed by atoms with Gasteiger partial charge in [-0.05, 0) is 37.5 Å². The fraction of sp³-hybridized carbons (Fsp3) is 0.348. The maximum atomic E-state index is 12.6. The van der Waals surface area contributed by atoms with Crippen molar-refractivity contribution < 1.29 is 18.9 Å². The number of hydrogen-bond acceptors (Lipinski definition) is 6. The number of amides is 2. The second kappa shape index (κ2) is 9.68. The summed E-state index contributed by atoms with van der Waals surface area (Å²) in [7, 11) is 0. The molecule has 0 spiro atoms. The van der Waals surface area contributed by atoms with E-state index in [1.54, 1.807) is 4.90 Å². The Kier molecular flexibility index (Phi) is 6.53. The minimum atomic E-state index is -0.608. The van der Waals surface area contributed by atoms with Crippen molar-refractivity contribution >= 4 is 34.3 Å². The van der Waals surface area contributed by atoms with E-state index in [2.05, 4.69) is 5.32 Å². The summed E-state index contributed by atoms with van der Waals surface area (Å²) < 4.78 is 6.49. The van der Waals surface area contributed by atoms with Crippen LogP contribution in [0.4, 0.5) is 11.4 Å². The summed E-state index contributed by atoms with van der Waals surface area (Å²) >= 11 is 0. The third kappa shape index (κ3) is 5.11. The summed E-state index contributed by atoms with van der Waals surface area (Å²) in [5.41, 5.74) is 1.22. The molecule has 1 aliphatic rings. The number of para-hydroxylation sites is 1. The highest BCUT2D eigenvalue weighted by Crippen LogP contribution is 2.22. The molecule has 10 nitrogen and oxygen atoms in total. The molecular weight excluding hydrogens is 428 g/mol. The van der Waals surface area contributed by atoms with Crippen molar-refractivity contribution in [1.29, 1.82) is 0 Å². The molecule has 1 aromatic heterocycles. The topological polar surface area (TPSA) is 128 Å². The van der Waals surface area contributed by atoms with Gasteiger partial charge in [0.15, 0.2) is 5.58 Å². The van der Waals surface area contributed by atoms with Gasteiger partial charge in [0.05, 0.1) is 16.5 Å². The molecule has 33 heavy (non-hydrogen) atoms. The third-order valence-electron chi connectivity index (χ3n) is 5.89. The summed E-state index contributed by atoms with van der Waals surface area (Å²) in [6, 6.07) is 13.3. The molecule has 4 rings (SSSR count). The van der Waals surface area contributed by atoms with Crippen LogP contribution < -0.4 is 11.1 Å². The van der Waals surface area contributed by atoms with Crippen LogP contribution in [0.25, 0.3) is 11.1 Å². The molecule has 0 aliphatic carbocycles. The molecule has 2 aromatic carbocycles. The van der Waals surface area contributed by atoms with E-state index in [0.29, 0.717) is 37.9 Å². The summed E-state index contributed by atoms with van der Waals surface area (Å²) in [4.78, 5) is 49.3. The van der Waals surface area contributed by atoms with Crippen LogP contribution in [0.15, 0.2) is 57.7 Å². The number of carbonyl (C=O) groups excluding carboxylic acids is 2. The number of nitrogens with one attached hydrogen (secondary N) is 1. The van der Waals surface area contributed by atoms with Gasteiger partial charge in [-0.2, -0.15) is 0 Å². The first kappa shape index (κ1) is 22.3. The normalized spacial score (nSPS) is 14.4. The van der Waals surface area contributed by atoms with Crippen molar-refractivity contribution in [3.8, 4) is 0 Å². The van der Waals surface area contributed by atoms with E-state index >= 15 is 0 Å². The molecular formula is C23H24N4O6. The van der Waals surface area contributed by atoms with Crippen LogP contribution in [0.5, 0.6) is 0 Å². The Morgan fingerprint density at radius 1 is 1.12 bits per heavy atom. The SMILES string of the molecule is O=C(Nc1ccccc1)C1CCN(C(=O)CCCn2c(=O)oc3cc([N+](=O)[O-])ccc32)CC1. The molecule has 2 heterocycles. The third-order valence-corrected chi connectivity index (χ3v) is 5.89. The molecule has 10 heteroatoms. The molecule has 0 saturated carbocycles. The summed E-state index contributed by atoms with van der Waals surface area (Å²) in [5, 5.41) is 13.8. The molecule has 0 unspecified atom stereocenters. The van der Waals surface area contributed by atoms with Gasteiger partial charge in [-0.25, -0.2) is 4.79 Å². The number of nitro groups is 1. The zero-order chi connectivity index (χ0) is 23.4. The number of benzene rings is 2. The van der Waals surface area contributed by atoms with Gasteiger partial charge in [-0.3, -0.25) is 24.3 Å². The Bertz CT molecular complexity index is 1220. The molecule has 0 bridgehead atoms. The number of likely N-dealkylation sites (tertiary alicyclic amines) is 1. The van der Waals surface area contributed by atoms with Crippen molar-refractivity contribution in [2.45, 2.75) is 32.2 Å². The average molecular weight is 452 g/mol. The summed E-state index contributed by atoms with van der Waals surface area (Å²) in [6.45, 7) is 1.30. The largest absolute Gasteiger partial charge is 0.419 e. The number of nitro benzene ring substituents is 1. The monoisotopic (exact) mass is 452 g/mol. The Labute approximate surface area is 188 Å². The van der Waals surface area contributed by atoms with E-state index in [1.165, 1.54) is 22.8 Å². The molecule has 1 saturated heterocycles. The standard InChI is InChI=1S/C23H24N4O6/c28-21(25-13-10-16(11-14-25)22(29)24-17-5-2-1-3-6-17)7-4-12-26-19-9-8-18(27(31)32)15-20(19)33-23(26)30/h1-3,5-6,8-9,15-16H,4,7,10-14H2,(H,24,29). The fourth-order valence-corrected chi connectivity index (χ4v) is 4.08. The number of non-ortho nitro benzene ring substituents is 1. The zero-order valence-corrected chi connectivity index (χ0v) is 17.9. The van der Waals surface area contributed by atoms with E-state index in [0.717, 1.165) is 5.69 Å². The molecule has 1 N–H and O–H groups in total. The second-order valence-corrected chi connectivity index (χ2v) is 8.04. The van der Waals surface area contributed by atoms with Crippen molar-refractivity contribution in [2.24, 2.45) is 5.92 Å². The highest BCUT2D eigenvalue weighted by molar-refractivity contribution is 5.92. The van der Waals surface area contributed by atoms with E-state index in [4.69, 9.17) is 4.42 Å². The number of aryl methyl sites for hydroxylation is 1. The number of fused-ring (bicyclic) bond motifs is 1. The molecule has 0 radical (unpaired) electrons. The first-order valence-electron chi connectivity index (χ1n) is 10.8. The van der Waals surface area contributed by atoms with Crippen molar-refractivity contribution in [3.63, 3.8) is 0 Å². The Balaban J connectivity index is 1.26. The zero-order valence-electron chi connectivity index (χ0n) is 17.9. The van der Waals surface area contributed by atoms with E-state index in [9.17, 15) is 24.5 Å². The van der Waals surface area contributed by atoms with Crippen LogP contribution in [0.1, 0.15) is 25.7 Å². The lowest BCUT2D eigenvalue weighted by Crippen LogP contribution is -2.41. The van der Waals surface area contributed by atoms with E-state index in [1.807, 2.05) is 30.3 Å². The van der Waals surface area contributed by atoms with Crippen molar-refractivity contribution in [1.82, 2.24) is 9.47 Å². The molecule has 1 aliphatic heterocycles. The van der Waals surface area contributed by atoms with Crippen LogP contribution in [-0.2, 0) is 16.1 Å². The van der Waals surface area contributed by atoms with E-state index in [-0.39, 0.29) is 42.0 Å². The van der Waals surface area contributed by atoms with Gasteiger partial charge in [-0.15, -0.1) is 0 Å². The Hall–Kier alpha value is -3.95. The van der Waals surface area contributed by atoms with Crippen LogP contribution >= 0.6 is 0 Å². The predicted octanol–water partition coefficient (Wildman–Crippen LogP) is 3.16. The first-order valence-corrected chi connectivity index (χ1v) is 10.8. The molecule has 2 amide bonds. The lowest BCUT2D eigenvalue weighted by Gasteiger charge is -2.31. The van der Waals surface area contributed by atoms with Crippen LogP contribution in [0.2, 0.25) is 0 Å². The number of aromatic nitrogens is 1. The molecule has 1 fully saturated rings. The number of rotatable bonds is 7. The van der Waals surface area contributed by atoms with Crippen molar-refractivity contribution in [2.75, 3.05) is 18.4 Å². The maximum absolute atomic E-state index is 12.6. The number of hydrogen-bond donors (Lipinski definition) is 1. The van der Waals surface area contributed by atoms with E-state index < -0.39 is 10.7 Å².